The fourth-order valence-electron chi connectivity index (χ4n) is 1.13. The highest BCUT2D eigenvalue weighted by atomic mass is 35.7. The average molecular weight is 289 g/mol. The van der Waals surface area contributed by atoms with Crippen LogP contribution in [0, 0.1) is 0 Å². The SMILES string of the molecule is CCOc1cc(C(F)(F)F)cc(S(=O)(=O)Cl)c1. The normalized spacial score (nSPS) is 12.5. The van der Waals surface area contributed by atoms with Gasteiger partial charge in [0.2, 0.25) is 0 Å². The van der Waals surface area contributed by atoms with Crippen molar-refractivity contribution in [3.63, 3.8) is 0 Å². The van der Waals surface area contributed by atoms with Crippen molar-refractivity contribution in [1.29, 1.82) is 0 Å². The van der Waals surface area contributed by atoms with Gasteiger partial charge in [-0.05, 0) is 19.1 Å². The first-order chi connectivity index (χ1) is 7.64. The molecule has 0 saturated heterocycles. The Morgan fingerprint density at radius 1 is 1.29 bits per heavy atom. The first kappa shape index (κ1) is 14.1. The molecule has 0 unspecified atom stereocenters. The summed E-state index contributed by atoms with van der Waals surface area (Å²) in [6, 6.07) is 2.13. The van der Waals surface area contributed by atoms with E-state index in [1.54, 1.807) is 6.92 Å². The summed E-state index contributed by atoms with van der Waals surface area (Å²) in [5.41, 5.74) is -1.12. The van der Waals surface area contributed by atoms with Crippen LogP contribution in [0.3, 0.4) is 0 Å². The summed E-state index contributed by atoms with van der Waals surface area (Å²) in [5.74, 6) is -0.193. The molecule has 0 aliphatic carbocycles. The molecule has 0 bridgehead atoms. The van der Waals surface area contributed by atoms with Crippen LogP contribution in [0.2, 0.25) is 0 Å². The summed E-state index contributed by atoms with van der Waals surface area (Å²) in [7, 11) is 0.768. The predicted octanol–water partition coefficient (Wildman–Crippen LogP) is 3.03. The standard InChI is InChI=1S/C9H8ClF3O3S/c1-2-16-7-3-6(9(11,12)13)4-8(5-7)17(10,14)15/h3-5H,2H2,1H3. The summed E-state index contributed by atoms with van der Waals surface area (Å²) < 4.78 is 64.3. The van der Waals surface area contributed by atoms with Gasteiger partial charge in [0.1, 0.15) is 5.75 Å². The molecule has 1 aromatic rings. The maximum atomic E-state index is 12.5. The van der Waals surface area contributed by atoms with Gasteiger partial charge in [-0.2, -0.15) is 13.2 Å². The van der Waals surface area contributed by atoms with Gasteiger partial charge in [0.05, 0.1) is 17.1 Å². The van der Waals surface area contributed by atoms with Crippen molar-refractivity contribution in [2.24, 2.45) is 0 Å². The van der Waals surface area contributed by atoms with Gasteiger partial charge in [-0.3, -0.25) is 0 Å². The van der Waals surface area contributed by atoms with Gasteiger partial charge < -0.3 is 4.74 Å². The van der Waals surface area contributed by atoms with E-state index in [1.807, 2.05) is 0 Å². The summed E-state index contributed by atoms with van der Waals surface area (Å²) in [6.07, 6.45) is -4.66. The Morgan fingerprint density at radius 2 is 1.88 bits per heavy atom. The first-order valence-corrected chi connectivity index (χ1v) is 6.75. The van der Waals surface area contributed by atoms with Crippen molar-refractivity contribution in [3.8, 4) is 5.75 Å². The van der Waals surface area contributed by atoms with Gasteiger partial charge >= 0.3 is 6.18 Å². The monoisotopic (exact) mass is 288 g/mol. The Balaban J connectivity index is 3.39. The largest absolute Gasteiger partial charge is 0.494 e. The van der Waals surface area contributed by atoms with Crippen LogP contribution in [0.25, 0.3) is 0 Å². The Kier molecular flexibility index (Phi) is 3.93. The number of alkyl halides is 3. The third-order valence-corrected chi connectivity index (χ3v) is 3.13. The molecule has 1 rings (SSSR count). The Bertz CT molecular complexity index is 511. The number of halogens is 4. The fourth-order valence-corrected chi connectivity index (χ4v) is 1.92. The predicted molar refractivity (Wildman–Crippen MR) is 55.7 cm³/mol. The van der Waals surface area contributed by atoms with Crippen molar-refractivity contribution in [3.05, 3.63) is 23.8 Å². The molecule has 0 aliphatic rings. The quantitative estimate of drug-likeness (QED) is 0.803. The van der Waals surface area contributed by atoms with Crippen LogP contribution in [-0.2, 0) is 15.2 Å². The zero-order chi connectivity index (χ0) is 13.3. The van der Waals surface area contributed by atoms with Gasteiger partial charge in [0.25, 0.3) is 9.05 Å². The summed E-state index contributed by atoms with van der Waals surface area (Å²) in [4.78, 5) is -0.641. The molecule has 1 aromatic carbocycles. The molecule has 0 fully saturated rings. The van der Waals surface area contributed by atoms with E-state index in [-0.39, 0.29) is 12.4 Å². The zero-order valence-electron chi connectivity index (χ0n) is 8.58. The average Bonchev–Trinajstić information content (AvgIpc) is 2.15. The lowest BCUT2D eigenvalue weighted by molar-refractivity contribution is -0.137. The molecule has 0 atom stereocenters. The zero-order valence-corrected chi connectivity index (χ0v) is 10.2. The fraction of sp³-hybridized carbons (Fsp3) is 0.333. The van der Waals surface area contributed by atoms with Gasteiger partial charge in [-0.1, -0.05) is 0 Å². The molecule has 0 amide bonds. The third kappa shape index (κ3) is 3.78. The smallest absolute Gasteiger partial charge is 0.416 e. The molecular formula is C9H8ClF3O3S. The molecule has 0 aromatic heterocycles. The van der Waals surface area contributed by atoms with E-state index in [0.717, 1.165) is 12.1 Å². The molecule has 0 aliphatic heterocycles. The minimum atomic E-state index is -4.66. The minimum Gasteiger partial charge on any atom is -0.494 e. The van der Waals surface area contributed by atoms with Gasteiger partial charge in [-0.25, -0.2) is 8.42 Å². The molecule has 0 radical (unpaired) electrons. The molecule has 96 valence electrons. The molecule has 3 nitrogen and oxygen atoms in total. The molecule has 17 heavy (non-hydrogen) atoms. The minimum absolute atomic E-state index is 0.114. The number of ether oxygens (including phenoxy) is 1. The lowest BCUT2D eigenvalue weighted by Crippen LogP contribution is -2.07. The lowest BCUT2D eigenvalue weighted by atomic mass is 10.2. The molecule has 8 heteroatoms. The molecule has 0 saturated carbocycles. The number of benzene rings is 1. The lowest BCUT2D eigenvalue weighted by Gasteiger charge is -2.11. The van der Waals surface area contributed by atoms with Crippen LogP contribution in [0.5, 0.6) is 5.75 Å². The molecular weight excluding hydrogens is 281 g/mol. The number of hydrogen-bond donors (Lipinski definition) is 0. The third-order valence-electron chi connectivity index (χ3n) is 1.80. The van der Waals surface area contributed by atoms with E-state index in [2.05, 4.69) is 0 Å². The van der Waals surface area contributed by atoms with Crippen molar-refractivity contribution in [1.82, 2.24) is 0 Å². The first-order valence-electron chi connectivity index (χ1n) is 4.44. The van der Waals surface area contributed by atoms with E-state index in [4.69, 9.17) is 15.4 Å². The van der Waals surface area contributed by atoms with Crippen LogP contribution in [0.4, 0.5) is 13.2 Å². The van der Waals surface area contributed by atoms with Crippen LogP contribution in [0.1, 0.15) is 12.5 Å². The summed E-state index contributed by atoms with van der Waals surface area (Å²) in [5, 5.41) is 0. The number of hydrogen-bond acceptors (Lipinski definition) is 3. The maximum Gasteiger partial charge on any atom is 0.416 e. The highest BCUT2D eigenvalue weighted by Crippen LogP contribution is 2.34. The Morgan fingerprint density at radius 3 is 2.29 bits per heavy atom. The second-order valence-corrected chi connectivity index (χ2v) is 5.63. The van der Waals surface area contributed by atoms with E-state index >= 15 is 0 Å². The molecule has 0 N–H and O–H groups in total. The van der Waals surface area contributed by atoms with Crippen molar-refractivity contribution in [2.45, 2.75) is 18.0 Å². The van der Waals surface area contributed by atoms with Crippen LogP contribution in [-0.4, -0.2) is 15.0 Å². The van der Waals surface area contributed by atoms with Crippen LogP contribution in [0.15, 0.2) is 23.1 Å². The number of rotatable bonds is 3. The second kappa shape index (κ2) is 4.73. The van der Waals surface area contributed by atoms with Gasteiger partial charge in [0, 0.05) is 16.7 Å². The topological polar surface area (TPSA) is 43.4 Å². The molecule has 0 spiro atoms. The van der Waals surface area contributed by atoms with E-state index in [1.165, 1.54) is 0 Å². The second-order valence-electron chi connectivity index (χ2n) is 3.06. The Hall–Kier alpha value is -0.950. The van der Waals surface area contributed by atoms with Crippen LogP contribution >= 0.6 is 10.7 Å². The highest BCUT2D eigenvalue weighted by molar-refractivity contribution is 8.13. The van der Waals surface area contributed by atoms with E-state index in [0.29, 0.717) is 6.07 Å². The molecule has 0 heterocycles. The highest BCUT2D eigenvalue weighted by Gasteiger charge is 2.32. The maximum absolute atomic E-state index is 12.5. The van der Waals surface area contributed by atoms with E-state index < -0.39 is 25.7 Å². The van der Waals surface area contributed by atoms with Crippen molar-refractivity contribution < 1.29 is 26.3 Å². The van der Waals surface area contributed by atoms with Crippen molar-refractivity contribution >= 4 is 19.7 Å². The van der Waals surface area contributed by atoms with Gasteiger partial charge in [0.15, 0.2) is 0 Å². The summed E-state index contributed by atoms with van der Waals surface area (Å²) >= 11 is 0. The van der Waals surface area contributed by atoms with Gasteiger partial charge in [-0.15, -0.1) is 0 Å². The van der Waals surface area contributed by atoms with E-state index in [9.17, 15) is 21.6 Å². The van der Waals surface area contributed by atoms with Crippen LogP contribution < -0.4 is 4.74 Å². The summed E-state index contributed by atoms with van der Waals surface area (Å²) in [6.45, 7) is 1.68. The van der Waals surface area contributed by atoms with Crippen molar-refractivity contribution in [2.75, 3.05) is 6.61 Å². The Labute approximate surface area is 101 Å².